The van der Waals surface area contributed by atoms with Gasteiger partial charge >= 0.3 is 0 Å². The molecule has 0 aromatic heterocycles. The van der Waals surface area contributed by atoms with E-state index in [0.717, 1.165) is 22.7 Å². The molecule has 0 N–H and O–H groups in total. The molecule has 27 heavy (non-hydrogen) atoms. The van der Waals surface area contributed by atoms with Gasteiger partial charge in [-0.3, -0.25) is 0 Å². The topological polar surface area (TPSA) is 12.4 Å². The molecule has 0 aliphatic heterocycles. The molecule has 0 heterocycles. The van der Waals surface area contributed by atoms with E-state index in [-0.39, 0.29) is 0 Å². The molecule has 3 aromatic carbocycles. The highest BCUT2D eigenvalue weighted by atomic mass is 32.1. The number of benzene rings is 3. The Bertz CT molecular complexity index is 1020. The first-order chi connectivity index (χ1) is 13.3. The van der Waals surface area contributed by atoms with Crippen LogP contribution in [0.2, 0.25) is 0 Å². The minimum atomic E-state index is 0.794. The smallest absolute Gasteiger partial charge is 0.0740 e. The molecular formula is C25H19NS. The first-order valence-corrected chi connectivity index (χ1v) is 9.60. The molecule has 4 rings (SSSR count). The van der Waals surface area contributed by atoms with Crippen LogP contribution in [-0.2, 0) is 6.42 Å². The first-order valence-electron chi connectivity index (χ1n) is 9.19. The Kier molecular flexibility index (Phi) is 5.26. The van der Waals surface area contributed by atoms with E-state index < -0.39 is 0 Å². The second-order valence-corrected chi connectivity index (χ2v) is 7.10. The summed E-state index contributed by atoms with van der Waals surface area (Å²) in [6.07, 6.45) is 4.03. The lowest BCUT2D eigenvalue weighted by atomic mass is 10.0. The summed E-state index contributed by atoms with van der Waals surface area (Å²) in [5, 5.41) is 2.37. The average molecular weight is 366 g/mol. The third-order valence-corrected chi connectivity index (χ3v) is 4.88. The molecular weight excluding hydrogens is 346 g/mol. The van der Waals surface area contributed by atoms with Gasteiger partial charge in [0.25, 0.3) is 0 Å². The maximum Gasteiger partial charge on any atom is 0.0740 e. The second-order valence-electron chi connectivity index (χ2n) is 6.92. The van der Waals surface area contributed by atoms with Crippen molar-refractivity contribution in [1.29, 1.82) is 0 Å². The van der Waals surface area contributed by atoms with Gasteiger partial charge in [0.15, 0.2) is 0 Å². The Morgan fingerprint density at radius 1 is 0.741 bits per heavy atom. The Morgan fingerprint density at radius 3 is 1.78 bits per heavy atom. The molecule has 0 saturated heterocycles. The van der Waals surface area contributed by atoms with Crippen LogP contribution >= 0.6 is 12.2 Å². The molecule has 0 unspecified atom stereocenters. The van der Waals surface area contributed by atoms with Gasteiger partial charge in [-0.05, 0) is 90.5 Å². The van der Waals surface area contributed by atoms with Crippen LogP contribution in [0.25, 0.3) is 11.1 Å². The monoisotopic (exact) mass is 365 g/mol. The molecule has 0 bridgehead atoms. The first kappa shape index (κ1) is 17.4. The third kappa shape index (κ3) is 4.80. The lowest BCUT2D eigenvalue weighted by Crippen LogP contribution is -1.87. The molecule has 1 saturated carbocycles. The fourth-order valence-corrected chi connectivity index (χ4v) is 3.16. The van der Waals surface area contributed by atoms with Gasteiger partial charge < -0.3 is 0 Å². The summed E-state index contributed by atoms with van der Waals surface area (Å²) in [5.41, 5.74) is 6.68. The standard InChI is InChI=1S/C25H19NS/c27-18-26-25-15-9-20(10-16-25)2-1-19-5-11-23(12-6-19)24-13-7-22(8-14-24)17-21-3-4-21/h5-16,21H,3-4,17H2. The number of nitrogens with zero attached hydrogens (tertiary/aromatic N) is 1. The maximum atomic E-state index is 4.61. The number of rotatable bonds is 4. The third-order valence-electron chi connectivity index (χ3n) is 4.79. The molecule has 130 valence electrons. The largest absolute Gasteiger partial charge is 0.195 e. The van der Waals surface area contributed by atoms with E-state index in [0.29, 0.717) is 0 Å². The summed E-state index contributed by atoms with van der Waals surface area (Å²) in [7, 11) is 0. The van der Waals surface area contributed by atoms with E-state index in [1.54, 1.807) is 0 Å². The van der Waals surface area contributed by atoms with Gasteiger partial charge in [-0.2, -0.15) is 4.99 Å². The zero-order valence-corrected chi connectivity index (χ0v) is 15.8. The van der Waals surface area contributed by atoms with E-state index >= 15 is 0 Å². The molecule has 0 amide bonds. The Hall–Kier alpha value is -2.98. The lowest BCUT2D eigenvalue weighted by Gasteiger charge is -2.04. The van der Waals surface area contributed by atoms with Crippen LogP contribution in [0.3, 0.4) is 0 Å². The minimum Gasteiger partial charge on any atom is -0.195 e. The van der Waals surface area contributed by atoms with Crippen LogP contribution in [0.5, 0.6) is 0 Å². The fourth-order valence-electron chi connectivity index (χ4n) is 3.05. The van der Waals surface area contributed by atoms with E-state index in [2.05, 4.69) is 82.7 Å². The van der Waals surface area contributed by atoms with Crippen molar-refractivity contribution >= 4 is 23.1 Å². The summed E-state index contributed by atoms with van der Waals surface area (Å²) >= 11 is 4.61. The van der Waals surface area contributed by atoms with Gasteiger partial charge in [0.1, 0.15) is 0 Å². The molecule has 3 aromatic rings. The van der Waals surface area contributed by atoms with Crippen molar-refractivity contribution in [2.24, 2.45) is 10.9 Å². The van der Waals surface area contributed by atoms with E-state index in [1.165, 1.54) is 36.0 Å². The van der Waals surface area contributed by atoms with Gasteiger partial charge in [0, 0.05) is 11.1 Å². The number of hydrogen-bond acceptors (Lipinski definition) is 2. The van der Waals surface area contributed by atoms with Crippen molar-refractivity contribution in [3.05, 3.63) is 89.5 Å². The zero-order valence-electron chi connectivity index (χ0n) is 15.0. The SMILES string of the molecule is S=C=Nc1ccc(C#Cc2ccc(-c3ccc(CC4CC4)cc3)cc2)cc1. The van der Waals surface area contributed by atoms with Crippen LogP contribution in [0.4, 0.5) is 5.69 Å². The number of aliphatic imine (C=N–C) groups is 1. The number of hydrogen-bond donors (Lipinski definition) is 0. The van der Waals surface area contributed by atoms with Crippen LogP contribution in [-0.4, -0.2) is 5.16 Å². The van der Waals surface area contributed by atoms with Gasteiger partial charge in [0.05, 0.1) is 10.8 Å². The van der Waals surface area contributed by atoms with E-state index in [9.17, 15) is 0 Å². The number of isothiocyanates is 1. The highest BCUT2D eigenvalue weighted by molar-refractivity contribution is 7.78. The molecule has 0 spiro atoms. The zero-order chi connectivity index (χ0) is 18.5. The summed E-state index contributed by atoms with van der Waals surface area (Å²) in [6, 6.07) is 25.1. The quantitative estimate of drug-likeness (QED) is 0.294. The summed E-state index contributed by atoms with van der Waals surface area (Å²) in [6.45, 7) is 0. The van der Waals surface area contributed by atoms with Crippen molar-refractivity contribution in [2.75, 3.05) is 0 Å². The van der Waals surface area contributed by atoms with Crippen molar-refractivity contribution in [2.45, 2.75) is 19.3 Å². The van der Waals surface area contributed by atoms with E-state index in [4.69, 9.17) is 0 Å². The van der Waals surface area contributed by atoms with Gasteiger partial charge in [-0.25, -0.2) is 0 Å². The Morgan fingerprint density at radius 2 is 1.26 bits per heavy atom. The molecule has 1 nitrogen and oxygen atoms in total. The van der Waals surface area contributed by atoms with Gasteiger partial charge in [0.2, 0.25) is 0 Å². The Labute approximate surface area is 165 Å². The molecule has 0 atom stereocenters. The predicted molar refractivity (Wildman–Crippen MR) is 115 cm³/mol. The van der Waals surface area contributed by atoms with Gasteiger partial charge in [-0.15, -0.1) is 0 Å². The predicted octanol–water partition coefficient (Wildman–Crippen LogP) is 6.44. The fraction of sp³-hybridized carbons (Fsp3) is 0.160. The average Bonchev–Trinajstić information content (AvgIpc) is 3.53. The maximum absolute atomic E-state index is 4.61. The summed E-state index contributed by atoms with van der Waals surface area (Å²) in [4.78, 5) is 3.94. The molecule has 0 radical (unpaired) electrons. The molecule has 2 heteroatoms. The number of thiocarbonyl (C=S) groups is 1. The van der Waals surface area contributed by atoms with Crippen molar-refractivity contribution < 1.29 is 0 Å². The Balaban J connectivity index is 1.45. The summed E-state index contributed by atoms with van der Waals surface area (Å²) in [5.74, 6) is 7.32. The van der Waals surface area contributed by atoms with Gasteiger partial charge in [-0.1, -0.05) is 48.2 Å². The van der Waals surface area contributed by atoms with Crippen molar-refractivity contribution in [3.8, 4) is 23.0 Å². The van der Waals surface area contributed by atoms with Crippen LogP contribution in [0.15, 0.2) is 77.8 Å². The molecule has 1 fully saturated rings. The highest BCUT2D eigenvalue weighted by Gasteiger charge is 2.21. The van der Waals surface area contributed by atoms with Crippen LogP contribution in [0.1, 0.15) is 29.5 Å². The second kappa shape index (κ2) is 8.14. The lowest BCUT2D eigenvalue weighted by molar-refractivity contribution is 0.832. The minimum absolute atomic E-state index is 0.794. The van der Waals surface area contributed by atoms with Crippen molar-refractivity contribution in [1.82, 2.24) is 0 Å². The molecule has 1 aliphatic carbocycles. The molecule has 1 aliphatic rings. The normalized spacial score (nSPS) is 12.6. The van der Waals surface area contributed by atoms with E-state index in [1.807, 2.05) is 24.3 Å². The van der Waals surface area contributed by atoms with Crippen LogP contribution < -0.4 is 0 Å². The van der Waals surface area contributed by atoms with Crippen molar-refractivity contribution in [3.63, 3.8) is 0 Å². The van der Waals surface area contributed by atoms with Crippen LogP contribution in [0, 0.1) is 17.8 Å². The summed E-state index contributed by atoms with van der Waals surface area (Å²) < 4.78 is 0. The highest BCUT2D eigenvalue weighted by Crippen LogP contribution is 2.33.